The van der Waals surface area contributed by atoms with E-state index >= 15 is 0 Å². The van der Waals surface area contributed by atoms with Crippen LogP contribution in [0.5, 0.6) is 0 Å². The summed E-state index contributed by atoms with van der Waals surface area (Å²) in [5, 5.41) is 9.72. The highest BCUT2D eigenvalue weighted by atomic mass is 16.7. The Hall–Kier alpha value is -4.05. The molecule has 458 valence electrons. The zero-order valence-electron chi connectivity index (χ0n) is 52.2. The van der Waals surface area contributed by atoms with Crippen molar-refractivity contribution in [3.8, 4) is 0 Å². The number of quaternary nitrogens is 1. The van der Waals surface area contributed by atoms with Gasteiger partial charge in [-0.2, -0.15) is 0 Å². The van der Waals surface area contributed by atoms with Crippen LogP contribution in [0.25, 0.3) is 0 Å². The van der Waals surface area contributed by atoms with Crippen LogP contribution < -0.4 is 0 Å². The van der Waals surface area contributed by atoms with Gasteiger partial charge in [-0.1, -0.05) is 277 Å². The van der Waals surface area contributed by atoms with Gasteiger partial charge < -0.3 is 28.5 Å². The van der Waals surface area contributed by atoms with E-state index in [1.165, 1.54) is 128 Å². The first-order chi connectivity index (χ1) is 39.1. The molecule has 9 heteroatoms. The Morgan fingerprint density at radius 3 is 1.06 bits per heavy atom. The zero-order chi connectivity index (χ0) is 58.3. The number of aliphatic carboxylic acids is 1. The molecule has 0 aromatic carbocycles. The fourth-order valence-electron chi connectivity index (χ4n) is 8.83. The topological polar surface area (TPSA) is 108 Å². The second kappa shape index (κ2) is 61.0. The summed E-state index contributed by atoms with van der Waals surface area (Å²) in [6, 6.07) is 0. The number of hydrogen-bond donors (Lipinski definition) is 1. The van der Waals surface area contributed by atoms with Crippen LogP contribution in [0.3, 0.4) is 0 Å². The molecule has 0 spiro atoms. The zero-order valence-corrected chi connectivity index (χ0v) is 52.2. The lowest BCUT2D eigenvalue weighted by molar-refractivity contribution is -0.870. The number of carbonyl (C=O) groups excluding carboxylic acids is 2. The van der Waals surface area contributed by atoms with Crippen molar-refractivity contribution < 1.29 is 42.9 Å². The summed E-state index contributed by atoms with van der Waals surface area (Å²) in [5.74, 6) is -2.00. The number of carboxylic acids is 1. The van der Waals surface area contributed by atoms with Gasteiger partial charge in [0.2, 0.25) is 0 Å². The van der Waals surface area contributed by atoms with Crippen molar-refractivity contribution in [3.05, 3.63) is 109 Å². The molecular weight excluding hydrogens is 995 g/mol. The Morgan fingerprint density at radius 1 is 0.388 bits per heavy atom. The molecule has 0 rings (SSSR count). The lowest BCUT2D eigenvalue weighted by Gasteiger charge is -2.25. The van der Waals surface area contributed by atoms with Crippen molar-refractivity contribution in [2.24, 2.45) is 0 Å². The van der Waals surface area contributed by atoms with Crippen LogP contribution in [0.15, 0.2) is 109 Å². The lowest BCUT2D eigenvalue weighted by atomic mass is 10.0. The van der Waals surface area contributed by atoms with E-state index in [1.54, 1.807) is 0 Å². The van der Waals surface area contributed by atoms with Gasteiger partial charge in [-0.15, -0.1) is 0 Å². The first kappa shape index (κ1) is 76.0. The Morgan fingerprint density at radius 2 is 0.713 bits per heavy atom. The molecule has 2 unspecified atom stereocenters. The van der Waals surface area contributed by atoms with Crippen LogP contribution in [0, 0.1) is 0 Å². The average molecular weight is 1120 g/mol. The van der Waals surface area contributed by atoms with Crippen molar-refractivity contribution >= 4 is 17.9 Å². The SMILES string of the molecule is CC/C=C\C/C=C\C/C=C\C/C=C\C/C=C\C/C=C\C/C=C\C/C=C\C/C=C\CCCCCCCCCCCCCC(=O)OC(COC(=O)CCCCCCCCCCCCCCCCCC)COC(OCC[N+](C)(C)C)C(=O)O. The number of carboxylic acid groups (broad SMARTS) is 1. The Balaban J connectivity index is 4.12. The van der Waals surface area contributed by atoms with Crippen molar-refractivity contribution in [3.63, 3.8) is 0 Å². The average Bonchev–Trinajstić information content (AvgIpc) is 3.43. The maximum atomic E-state index is 12.9. The predicted molar refractivity (Wildman–Crippen MR) is 341 cm³/mol. The van der Waals surface area contributed by atoms with Crippen LogP contribution in [-0.2, 0) is 33.3 Å². The first-order valence-electron chi connectivity index (χ1n) is 32.6. The number of unbranched alkanes of at least 4 members (excludes halogenated alkanes) is 26. The quantitative estimate of drug-likeness (QED) is 0.0211. The predicted octanol–water partition coefficient (Wildman–Crippen LogP) is 19.9. The second-order valence-corrected chi connectivity index (χ2v) is 22.7. The minimum absolute atomic E-state index is 0.184. The molecule has 0 aromatic rings. The number of ether oxygens (including phenoxy) is 4. The molecule has 0 aromatic heterocycles. The van der Waals surface area contributed by atoms with E-state index in [1.807, 2.05) is 21.1 Å². The molecule has 0 fully saturated rings. The third-order valence-corrected chi connectivity index (χ3v) is 13.8. The molecule has 0 saturated heterocycles. The van der Waals surface area contributed by atoms with E-state index in [0.717, 1.165) is 103 Å². The minimum Gasteiger partial charge on any atom is -0.477 e. The molecule has 9 nitrogen and oxygen atoms in total. The molecular formula is C71H122NO8+. The highest BCUT2D eigenvalue weighted by molar-refractivity contribution is 5.71. The monoisotopic (exact) mass is 1120 g/mol. The smallest absolute Gasteiger partial charge is 0.361 e. The maximum Gasteiger partial charge on any atom is 0.361 e. The molecule has 0 heterocycles. The lowest BCUT2D eigenvalue weighted by Crippen LogP contribution is -2.40. The highest BCUT2D eigenvalue weighted by Crippen LogP contribution is 2.16. The van der Waals surface area contributed by atoms with E-state index in [4.69, 9.17) is 18.9 Å². The van der Waals surface area contributed by atoms with E-state index in [0.29, 0.717) is 23.9 Å². The van der Waals surface area contributed by atoms with Crippen LogP contribution in [0.4, 0.5) is 0 Å². The van der Waals surface area contributed by atoms with Gasteiger partial charge in [-0.05, 0) is 83.5 Å². The van der Waals surface area contributed by atoms with Gasteiger partial charge >= 0.3 is 17.9 Å². The maximum absolute atomic E-state index is 12.9. The van der Waals surface area contributed by atoms with Crippen molar-refractivity contribution in [1.29, 1.82) is 0 Å². The standard InChI is InChI=1S/C71H121NO8/c1-6-8-10-12-14-16-18-20-22-24-25-26-27-28-29-30-31-32-33-34-35-36-37-38-39-40-41-42-43-44-45-46-48-50-52-54-56-58-60-62-69(74)80-67(66-79-71(70(75)76)77-64-63-72(3,4)5)65-78-68(73)61-59-57-55-53-51-49-47-23-21-19-17-15-13-11-9-7-2/h8,10,14,16,20,22,25-26,28-29,31-32,34-35,37-38,40-41,67,71H,6-7,9,11-13,15,17-19,21,23-24,27,30,33,36,39,42-66H2,1-5H3/p+1/b10-8-,16-14-,22-20-,26-25-,29-28-,32-31-,35-34-,38-37-,41-40-. The van der Waals surface area contributed by atoms with E-state index < -0.39 is 24.3 Å². The molecule has 1 N–H and O–H groups in total. The molecule has 0 aliphatic heterocycles. The summed E-state index contributed by atoms with van der Waals surface area (Å²) >= 11 is 0. The van der Waals surface area contributed by atoms with Gasteiger partial charge in [0.15, 0.2) is 6.10 Å². The van der Waals surface area contributed by atoms with Crippen LogP contribution in [0.1, 0.15) is 264 Å². The summed E-state index contributed by atoms with van der Waals surface area (Å²) in [4.78, 5) is 37.5. The van der Waals surface area contributed by atoms with Gasteiger partial charge in [-0.3, -0.25) is 9.59 Å². The minimum atomic E-state index is -1.51. The number of rotatable bonds is 59. The second-order valence-electron chi connectivity index (χ2n) is 22.7. The van der Waals surface area contributed by atoms with E-state index in [-0.39, 0.29) is 32.2 Å². The van der Waals surface area contributed by atoms with E-state index in [2.05, 4.69) is 123 Å². The van der Waals surface area contributed by atoms with Gasteiger partial charge in [0.05, 0.1) is 34.4 Å². The fraction of sp³-hybridized carbons (Fsp3) is 0.704. The van der Waals surface area contributed by atoms with Crippen LogP contribution in [-0.4, -0.2) is 87.4 Å². The van der Waals surface area contributed by atoms with E-state index in [9.17, 15) is 19.5 Å². The Kier molecular flexibility index (Phi) is 57.9. The summed E-state index contributed by atoms with van der Waals surface area (Å²) in [7, 11) is 5.97. The number of nitrogens with zero attached hydrogens (tertiary/aromatic N) is 1. The molecule has 0 saturated carbocycles. The van der Waals surface area contributed by atoms with Gasteiger partial charge in [-0.25, -0.2) is 4.79 Å². The number of hydrogen-bond acceptors (Lipinski definition) is 7. The van der Waals surface area contributed by atoms with Crippen LogP contribution >= 0.6 is 0 Å². The summed E-state index contributed by atoms with van der Waals surface area (Å²) in [6.07, 6.45) is 81.8. The van der Waals surface area contributed by atoms with Crippen molar-refractivity contribution in [2.45, 2.75) is 277 Å². The van der Waals surface area contributed by atoms with Gasteiger partial charge in [0, 0.05) is 12.8 Å². The Labute approximate surface area is 492 Å². The molecule has 0 aliphatic carbocycles. The normalized spacial score (nSPS) is 13.5. The third kappa shape index (κ3) is 61.6. The van der Waals surface area contributed by atoms with Crippen molar-refractivity contribution in [1.82, 2.24) is 0 Å². The molecule has 0 bridgehead atoms. The molecule has 0 radical (unpaired) electrons. The number of esters is 2. The molecule has 80 heavy (non-hydrogen) atoms. The largest absolute Gasteiger partial charge is 0.477 e. The van der Waals surface area contributed by atoms with Crippen LogP contribution in [0.2, 0.25) is 0 Å². The van der Waals surface area contributed by atoms with Gasteiger partial charge in [0.1, 0.15) is 13.2 Å². The number of allylic oxidation sites excluding steroid dienone is 18. The molecule has 0 aliphatic rings. The first-order valence-corrected chi connectivity index (χ1v) is 32.6. The molecule has 0 amide bonds. The number of likely N-dealkylation sites (N-methyl/N-ethyl adjacent to an activating group) is 1. The summed E-state index contributed by atoms with van der Waals surface area (Å²) in [5.41, 5.74) is 0. The number of carbonyl (C=O) groups is 3. The molecule has 2 atom stereocenters. The Bertz CT molecular complexity index is 1680. The summed E-state index contributed by atoms with van der Waals surface area (Å²) in [6.45, 7) is 4.77. The summed E-state index contributed by atoms with van der Waals surface area (Å²) < 4.78 is 22.9. The van der Waals surface area contributed by atoms with Crippen molar-refractivity contribution in [2.75, 3.05) is 47.5 Å². The van der Waals surface area contributed by atoms with Gasteiger partial charge in [0.25, 0.3) is 6.29 Å². The third-order valence-electron chi connectivity index (χ3n) is 13.8. The highest BCUT2D eigenvalue weighted by Gasteiger charge is 2.25. The fourth-order valence-corrected chi connectivity index (χ4v) is 8.83.